The van der Waals surface area contributed by atoms with E-state index < -0.39 is 12.6 Å². The van der Waals surface area contributed by atoms with Gasteiger partial charge in [-0.15, -0.1) is 35.3 Å². The Bertz CT molecular complexity index is 1950. The van der Waals surface area contributed by atoms with Crippen molar-refractivity contribution < 1.29 is 38.4 Å². The molecule has 0 bridgehead atoms. The van der Waals surface area contributed by atoms with Crippen LogP contribution in [0.15, 0.2) is 99.6 Å². The highest BCUT2D eigenvalue weighted by Crippen LogP contribution is 2.33. The van der Waals surface area contributed by atoms with Gasteiger partial charge in [-0.2, -0.15) is 0 Å². The van der Waals surface area contributed by atoms with Crippen LogP contribution in [0.1, 0.15) is 29.2 Å². The molecule has 0 saturated heterocycles. The standard InChI is InChI=1S/C17H19NOS.C14H17NO4S.C12H15NO3S/c1-19-16-7-8-17-15(11-16)13-18(9-10-20-17)12-14-5-3-2-4-6-14;1-10(16)19-9-14(17)15-5-6-20-13-4-3-12(18-2)7-11(13)8-15;1-16-10-2-3-11-9(6-10)7-13(4-5-17-11)12(15)8-14/h2-8,11H,9-10,12-13H2,1H3;3-4,7H,5-6,8-9H2,1-2H3;2-3,6,14H,4-5,7-8H2,1H3. The Labute approximate surface area is 348 Å². The number of hydrogen-bond acceptors (Lipinski definition) is 12. The molecule has 14 heteroatoms. The molecule has 0 atom stereocenters. The van der Waals surface area contributed by atoms with Crippen molar-refractivity contribution in [3.05, 3.63) is 107 Å². The van der Waals surface area contributed by atoms with Gasteiger partial charge in [-0.1, -0.05) is 30.3 Å². The first-order valence-electron chi connectivity index (χ1n) is 18.6. The third-order valence-corrected chi connectivity index (χ3v) is 12.6. The van der Waals surface area contributed by atoms with Crippen molar-refractivity contribution >= 4 is 53.1 Å². The quantitative estimate of drug-likeness (QED) is 0.193. The van der Waals surface area contributed by atoms with Crippen LogP contribution in [0.5, 0.6) is 17.2 Å². The van der Waals surface area contributed by atoms with Gasteiger partial charge in [0, 0.05) is 84.7 Å². The number of ether oxygens (including phenoxy) is 4. The molecule has 0 aromatic heterocycles. The number of thioether (sulfide) groups is 3. The van der Waals surface area contributed by atoms with Crippen molar-refractivity contribution in [2.75, 3.05) is 71.4 Å². The van der Waals surface area contributed by atoms with Crippen molar-refractivity contribution in [3.8, 4) is 17.2 Å². The maximum absolute atomic E-state index is 12.0. The van der Waals surface area contributed by atoms with E-state index in [0.29, 0.717) is 26.2 Å². The van der Waals surface area contributed by atoms with Gasteiger partial charge in [-0.3, -0.25) is 19.3 Å². The fraction of sp³-hybridized carbons (Fsp3) is 0.372. The topological polar surface area (TPSA) is 118 Å². The lowest BCUT2D eigenvalue weighted by Gasteiger charge is -2.20. The zero-order valence-corrected chi connectivity index (χ0v) is 35.4. The first-order chi connectivity index (χ1) is 27.7. The first kappa shape index (κ1) is 43.8. The SMILES string of the molecule is COc1ccc2c(c1)CN(C(=O)CO)CCS2.COc1ccc2c(c1)CN(C(=O)COC(C)=O)CCS2.COc1ccc2c(c1)CN(Cc1ccccc1)CCS2. The summed E-state index contributed by atoms with van der Waals surface area (Å²) in [6.07, 6.45) is 0. The van der Waals surface area contributed by atoms with Crippen molar-refractivity contribution in [1.29, 1.82) is 0 Å². The molecule has 3 heterocycles. The first-order valence-corrected chi connectivity index (χ1v) is 21.6. The van der Waals surface area contributed by atoms with Gasteiger partial charge < -0.3 is 33.9 Å². The molecule has 2 amide bonds. The number of fused-ring (bicyclic) bond motifs is 3. The number of carbonyl (C=O) groups excluding carboxylic acids is 3. The summed E-state index contributed by atoms with van der Waals surface area (Å²) in [7, 11) is 4.98. The van der Waals surface area contributed by atoms with E-state index in [2.05, 4.69) is 53.4 Å². The van der Waals surface area contributed by atoms with E-state index in [1.807, 2.05) is 48.2 Å². The molecule has 3 aliphatic heterocycles. The molecular formula is C43H51N3O8S3. The molecule has 1 N–H and O–H groups in total. The van der Waals surface area contributed by atoms with Crippen molar-refractivity contribution in [1.82, 2.24) is 14.7 Å². The molecule has 4 aromatic rings. The Kier molecular flexibility index (Phi) is 17.3. The minimum atomic E-state index is -0.440. The molecule has 0 saturated carbocycles. The van der Waals surface area contributed by atoms with E-state index in [1.54, 1.807) is 54.7 Å². The molecule has 0 radical (unpaired) electrons. The number of amides is 2. The van der Waals surface area contributed by atoms with Crippen LogP contribution in [0.4, 0.5) is 0 Å². The van der Waals surface area contributed by atoms with E-state index in [0.717, 1.165) is 70.2 Å². The van der Waals surface area contributed by atoms with E-state index >= 15 is 0 Å². The highest BCUT2D eigenvalue weighted by molar-refractivity contribution is 7.99. The summed E-state index contributed by atoms with van der Waals surface area (Å²) in [5, 5.41) is 8.90. The predicted molar refractivity (Wildman–Crippen MR) is 226 cm³/mol. The van der Waals surface area contributed by atoms with Gasteiger partial charge in [-0.25, -0.2) is 0 Å². The molecule has 304 valence electrons. The van der Waals surface area contributed by atoms with E-state index in [-0.39, 0.29) is 18.4 Å². The number of esters is 1. The molecule has 4 aromatic carbocycles. The fourth-order valence-corrected chi connectivity index (χ4v) is 9.36. The maximum Gasteiger partial charge on any atom is 0.303 e. The number of rotatable bonds is 8. The normalized spacial score (nSPS) is 14.9. The van der Waals surface area contributed by atoms with Crippen molar-refractivity contribution in [2.24, 2.45) is 0 Å². The van der Waals surface area contributed by atoms with Gasteiger partial charge in [0.05, 0.1) is 21.3 Å². The summed E-state index contributed by atoms with van der Waals surface area (Å²) in [6.45, 7) is 6.17. The molecule has 7 rings (SSSR count). The third-order valence-electron chi connectivity index (χ3n) is 9.31. The summed E-state index contributed by atoms with van der Waals surface area (Å²) in [5.74, 6) is 4.51. The number of hydrogen-bond donors (Lipinski definition) is 1. The Hall–Kier alpha value is -4.34. The van der Waals surface area contributed by atoms with Crippen molar-refractivity contribution in [3.63, 3.8) is 0 Å². The summed E-state index contributed by atoms with van der Waals surface area (Å²) >= 11 is 5.39. The van der Waals surface area contributed by atoms with Gasteiger partial charge in [0.25, 0.3) is 5.91 Å². The number of aliphatic hydroxyl groups excluding tert-OH is 1. The highest BCUT2D eigenvalue weighted by Gasteiger charge is 2.22. The smallest absolute Gasteiger partial charge is 0.303 e. The minimum absolute atomic E-state index is 0.170. The second kappa shape index (κ2) is 22.6. The van der Waals surface area contributed by atoms with Crippen LogP contribution in [-0.4, -0.2) is 109 Å². The van der Waals surface area contributed by atoms with Crippen LogP contribution in [0.3, 0.4) is 0 Å². The van der Waals surface area contributed by atoms with Crippen LogP contribution in [0.2, 0.25) is 0 Å². The highest BCUT2D eigenvalue weighted by atomic mass is 32.2. The second-order valence-electron chi connectivity index (χ2n) is 13.2. The van der Waals surface area contributed by atoms with E-state index in [4.69, 9.17) is 24.1 Å². The summed E-state index contributed by atoms with van der Waals surface area (Å²) < 4.78 is 20.5. The number of nitrogens with zero attached hydrogens (tertiary/aromatic N) is 3. The molecule has 0 aliphatic carbocycles. The van der Waals surface area contributed by atoms with Gasteiger partial charge in [0.1, 0.15) is 23.9 Å². The lowest BCUT2D eigenvalue weighted by molar-refractivity contribution is -0.150. The zero-order chi connectivity index (χ0) is 40.6. The number of carbonyl (C=O) groups is 3. The Morgan fingerprint density at radius 3 is 1.53 bits per heavy atom. The van der Waals surface area contributed by atoms with Gasteiger partial charge in [0.2, 0.25) is 5.91 Å². The van der Waals surface area contributed by atoms with Crippen LogP contribution in [0, 0.1) is 0 Å². The summed E-state index contributed by atoms with van der Waals surface area (Å²) in [6, 6.07) is 28.9. The van der Waals surface area contributed by atoms with Crippen LogP contribution < -0.4 is 14.2 Å². The van der Waals surface area contributed by atoms with Crippen LogP contribution in [-0.2, 0) is 45.3 Å². The lowest BCUT2D eigenvalue weighted by Crippen LogP contribution is -2.35. The van der Waals surface area contributed by atoms with Crippen LogP contribution >= 0.6 is 35.3 Å². The Balaban J connectivity index is 0.000000164. The minimum Gasteiger partial charge on any atom is -0.497 e. The number of aliphatic hydroxyl groups is 1. The molecule has 3 aliphatic rings. The number of benzene rings is 4. The van der Waals surface area contributed by atoms with Gasteiger partial charge in [0.15, 0.2) is 6.61 Å². The van der Waals surface area contributed by atoms with E-state index in [1.165, 1.54) is 27.8 Å². The second-order valence-corrected chi connectivity index (χ2v) is 16.6. The average Bonchev–Trinajstić information content (AvgIpc) is 3.68. The zero-order valence-electron chi connectivity index (χ0n) is 32.9. The third kappa shape index (κ3) is 13.4. The fourth-order valence-electron chi connectivity index (χ4n) is 6.30. The molecule has 0 spiro atoms. The molecule has 0 fully saturated rings. The van der Waals surface area contributed by atoms with Gasteiger partial charge >= 0.3 is 5.97 Å². The molecular weight excluding hydrogens is 783 g/mol. The largest absolute Gasteiger partial charge is 0.497 e. The Morgan fingerprint density at radius 1 is 0.614 bits per heavy atom. The molecule has 11 nitrogen and oxygen atoms in total. The lowest BCUT2D eigenvalue weighted by atomic mass is 10.1. The van der Waals surface area contributed by atoms with Crippen molar-refractivity contribution in [2.45, 2.75) is 47.8 Å². The Morgan fingerprint density at radius 2 is 1.07 bits per heavy atom. The average molecular weight is 834 g/mol. The molecule has 57 heavy (non-hydrogen) atoms. The summed E-state index contributed by atoms with van der Waals surface area (Å²) in [5.41, 5.74) is 4.89. The summed E-state index contributed by atoms with van der Waals surface area (Å²) in [4.78, 5) is 43.9. The number of methoxy groups -OCH3 is 3. The van der Waals surface area contributed by atoms with Crippen LogP contribution in [0.25, 0.3) is 0 Å². The molecule has 0 unspecified atom stereocenters. The van der Waals surface area contributed by atoms with Gasteiger partial charge in [-0.05, 0) is 76.9 Å². The monoisotopic (exact) mass is 833 g/mol. The maximum atomic E-state index is 12.0. The van der Waals surface area contributed by atoms with E-state index in [9.17, 15) is 14.4 Å². The predicted octanol–water partition coefficient (Wildman–Crippen LogP) is 6.62.